The van der Waals surface area contributed by atoms with E-state index < -0.39 is 0 Å². The smallest absolute Gasteiger partial charge is 0.0725 e. The molecule has 0 aromatic heterocycles. The predicted molar refractivity (Wildman–Crippen MR) is 215 cm³/mol. The first-order chi connectivity index (χ1) is 25.2. The Bertz CT molecular complexity index is 2820. The van der Waals surface area contributed by atoms with Crippen LogP contribution in [0.25, 0.3) is 65.7 Å². The van der Waals surface area contributed by atoms with Crippen LogP contribution in [0.15, 0.2) is 182 Å². The summed E-state index contributed by atoms with van der Waals surface area (Å²) in [4.78, 5) is 2.34. The van der Waals surface area contributed by atoms with E-state index in [0.717, 1.165) is 0 Å². The summed E-state index contributed by atoms with van der Waals surface area (Å²) in [5.74, 6) is 0. The maximum Gasteiger partial charge on any atom is 0.0725 e. The first kappa shape index (κ1) is 28.4. The second kappa shape index (κ2) is 10.5. The second-order valence-electron chi connectivity index (χ2n) is 14.0. The molecule has 0 saturated heterocycles. The number of hydrogen-bond donors (Lipinski definition) is 0. The van der Waals surface area contributed by atoms with E-state index in [2.05, 4.69) is 194 Å². The van der Waals surface area contributed by atoms with E-state index in [1.807, 2.05) is 0 Å². The van der Waals surface area contributed by atoms with Crippen molar-refractivity contribution in [2.75, 3.05) is 11.9 Å². The van der Waals surface area contributed by atoms with E-state index in [-0.39, 0.29) is 5.41 Å². The molecular formula is C50H33N. The summed E-state index contributed by atoms with van der Waals surface area (Å²) in [5, 5.41) is 7.69. The van der Waals surface area contributed by atoms with Crippen LogP contribution < -0.4 is 4.90 Å². The zero-order valence-electron chi connectivity index (χ0n) is 28.3. The fourth-order valence-electron chi connectivity index (χ4n) is 9.60. The molecule has 9 aromatic rings. The number of nitrogens with zero attached hydrogens (tertiary/aromatic N) is 1. The largest absolute Gasteiger partial charge is 0.344 e. The summed E-state index contributed by atoms with van der Waals surface area (Å²) >= 11 is 0. The van der Waals surface area contributed by atoms with Crippen molar-refractivity contribution in [3.63, 3.8) is 0 Å². The van der Waals surface area contributed by atoms with E-state index in [0.29, 0.717) is 0 Å². The molecule has 0 radical (unpaired) electrons. The number of para-hydroxylation sites is 1. The van der Waals surface area contributed by atoms with Crippen LogP contribution in [0, 0.1) is 0 Å². The zero-order valence-corrected chi connectivity index (χ0v) is 28.3. The van der Waals surface area contributed by atoms with Crippen molar-refractivity contribution in [3.05, 3.63) is 204 Å². The fourth-order valence-corrected chi connectivity index (χ4v) is 9.60. The first-order valence-corrected chi connectivity index (χ1v) is 17.8. The Morgan fingerprint density at radius 1 is 0.353 bits per heavy atom. The van der Waals surface area contributed by atoms with Crippen LogP contribution in [-0.4, -0.2) is 7.05 Å². The van der Waals surface area contributed by atoms with Gasteiger partial charge < -0.3 is 4.90 Å². The predicted octanol–water partition coefficient (Wildman–Crippen LogP) is 12.9. The maximum atomic E-state index is 2.52. The van der Waals surface area contributed by atoms with Gasteiger partial charge in [-0.2, -0.15) is 0 Å². The van der Waals surface area contributed by atoms with E-state index in [1.54, 1.807) is 0 Å². The van der Waals surface area contributed by atoms with Gasteiger partial charge in [0.1, 0.15) is 0 Å². The molecule has 0 amide bonds. The quantitative estimate of drug-likeness (QED) is 0.173. The monoisotopic (exact) mass is 647 g/mol. The Kier molecular flexibility index (Phi) is 5.86. The van der Waals surface area contributed by atoms with Gasteiger partial charge in [0.25, 0.3) is 0 Å². The van der Waals surface area contributed by atoms with Crippen LogP contribution >= 0.6 is 0 Å². The molecule has 2 aliphatic rings. The van der Waals surface area contributed by atoms with Crippen molar-refractivity contribution < 1.29 is 0 Å². The highest BCUT2D eigenvalue weighted by molar-refractivity contribution is 6.31. The molecule has 0 fully saturated rings. The summed E-state index contributed by atoms with van der Waals surface area (Å²) < 4.78 is 0. The third kappa shape index (κ3) is 3.70. The van der Waals surface area contributed by atoms with Crippen LogP contribution in [0.1, 0.15) is 22.3 Å². The molecule has 0 aliphatic heterocycles. The van der Waals surface area contributed by atoms with Crippen molar-refractivity contribution >= 4 is 43.7 Å². The average Bonchev–Trinajstić information content (AvgIpc) is 3.67. The van der Waals surface area contributed by atoms with Gasteiger partial charge in [-0.25, -0.2) is 0 Å². The minimum Gasteiger partial charge on any atom is -0.344 e. The van der Waals surface area contributed by atoms with Gasteiger partial charge in [0.15, 0.2) is 0 Å². The van der Waals surface area contributed by atoms with Crippen LogP contribution in [0.3, 0.4) is 0 Å². The molecule has 1 spiro atoms. The van der Waals surface area contributed by atoms with E-state index >= 15 is 0 Å². The van der Waals surface area contributed by atoms with Gasteiger partial charge in [0.2, 0.25) is 0 Å². The number of rotatable bonds is 3. The summed E-state index contributed by atoms with van der Waals surface area (Å²) in [6, 6.07) is 67.8. The van der Waals surface area contributed by atoms with Crippen molar-refractivity contribution in [2.45, 2.75) is 5.41 Å². The Morgan fingerprint density at radius 2 is 0.824 bits per heavy atom. The Balaban J connectivity index is 1.25. The van der Waals surface area contributed by atoms with Crippen molar-refractivity contribution in [3.8, 4) is 33.4 Å². The summed E-state index contributed by atoms with van der Waals surface area (Å²) in [6.07, 6.45) is 0. The molecule has 0 N–H and O–H groups in total. The Labute approximate surface area is 297 Å². The Morgan fingerprint density at radius 3 is 1.45 bits per heavy atom. The van der Waals surface area contributed by atoms with Crippen molar-refractivity contribution in [1.29, 1.82) is 0 Å². The first-order valence-electron chi connectivity index (χ1n) is 17.8. The molecule has 238 valence electrons. The molecule has 0 unspecified atom stereocenters. The molecule has 0 saturated carbocycles. The van der Waals surface area contributed by atoms with E-state index in [1.165, 1.54) is 99.3 Å². The third-order valence-corrected chi connectivity index (χ3v) is 11.7. The number of benzene rings is 9. The van der Waals surface area contributed by atoms with Crippen LogP contribution in [0.2, 0.25) is 0 Å². The molecule has 1 heteroatoms. The molecular weight excluding hydrogens is 615 g/mol. The van der Waals surface area contributed by atoms with Gasteiger partial charge in [-0.1, -0.05) is 158 Å². The van der Waals surface area contributed by atoms with Gasteiger partial charge >= 0.3 is 0 Å². The normalized spacial score (nSPS) is 13.4. The number of anilines is 2. The number of hydrogen-bond acceptors (Lipinski definition) is 1. The van der Waals surface area contributed by atoms with Gasteiger partial charge in [-0.15, -0.1) is 0 Å². The lowest BCUT2D eigenvalue weighted by atomic mass is 9.70. The molecule has 2 aliphatic carbocycles. The molecule has 1 nitrogen and oxygen atoms in total. The lowest BCUT2D eigenvalue weighted by Crippen LogP contribution is -2.25. The lowest BCUT2D eigenvalue weighted by molar-refractivity contribution is 0.794. The van der Waals surface area contributed by atoms with Crippen LogP contribution in [0.4, 0.5) is 11.4 Å². The van der Waals surface area contributed by atoms with Gasteiger partial charge in [0, 0.05) is 29.2 Å². The summed E-state index contributed by atoms with van der Waals surface area (Å²) in [6.45, 7) is 0. The lowest BCUT2D eigenvalue weighted by Gasteiger charge is -2.30. The van der Waals surface area contributed by atoms with Crippen LogP contribution in [0.5, 0.6) is 0 Å². The van der Waals surface area contributed by atoms with Gasteiger partial charge in [-0.3, -0.25) is 0 Å². The van der Waals surface area contributed by atoms with Crippen LogP contribution in [-0.2, 0) is 5.41 Å². The summed E-state index contributed by atoms with van der Waals surface area (Å²) in [5.41, 5.74) is 15.3. The van der Waals surface area contributed by atoms with Crippen molar-refractivity contribution in [2.24, 2.45) is 0 Å². The molecule has 11 rings (SSSR count). The zero-order chi connectivity index (χ0) is 33.7. The molecule has 0 atom stereocenters. The highest BCUT2D eigenvalue weighted by atomic mass is 15.1. The maximum absolute atomic E-state index is 2.52. The summed E-state index contributed by atoms with van der Waals surface area (Å²) in [7, 11) is 2.19. The fraction of sp³-hybridized carbons (Fsp3) is 0.0400. The number of fused-ring (bicyclic) bond motifs is 16. The highest BCUT2D eigenvalue weighted by Crippen LogP contribution is 2.63. The van der Waals surface area contributed by atoms with E-state index in [9.17, 15) is 0 Å². The Hall–Kier alpha value is -6.44. The van der Waals surface area contributed by atoms with Gasteiger partial charge in [0.05, 0.1) is 5.41 Å². The average molecular weight is 648 g/mol. The van der Waals surface area contributed by atoms with Crippen molar-refractivity contribution in [1.82, 2.24) is 0 Å². The second-order valence-corrected chi connectivity index (χ2v) is 14.0. The van der Waals surface area contributed by atoms with Gasteiger partial charge in [-0.05, 0) is 101 Å². The molecule has 0 heterocycles. The standard InChI is InChI=1S/C50H33N/c1-51(33-15-3-2-4-16-33)47-28-14-24-42-36-18-6-5-17-35(36)41-23-13-22-34(48(41)49(42)47)32-29-30-40-39-21-9-12-27-45(39)50(46(40)31-32)43-25-10-7-19-37(43)38-20-8-11-26-44(38)50/h2-31H,1H3. The minimum absolute atomic E-state index is 0.382. The molecule has 51 heavy (non-hydrogen) atoms. The van der Waals surface area contributed by atoms with E-state index in [4.69, 9.17) is 0 Å². The SMILES string of the molecule is CN(c1ccccc1)c1cccc2c3ccccc3c3cccc(-c4ccc5c(c4)C4(c6ccccc6-c6ccccc64)c4ccccc4-5)c3c12. The molecule has 9 aromatic carbocycles. The highest BCUT2D eigenvalue weighted by Gasteiger charge is 2.51. The third-order valence-electron chi connectivity index (χ3n) is 11.7. The minimum atomic E-state index is -0.382. The topological polar surface area (TPSA) is 3.24 Å². The molecule has 0 bridgehead atoms.